The number of rotatable bonds is 1. The maximum Gasteiger partial charge on any atom is 0.231 e. The highest BCUT2D eigenvalue weighted by molar-refractivity contribution is 5.46. The molecule has 1 saturated carbocycles. The fourth-order valence-electron chi connectivity index (χ4n) is 4.19. The minimum atomic E-state index is 0.368. The Hall–Kier alpha value is -1.22. The Balaban J connectivity index is 1.67. The van der Waals surface area contributed by atoms with Gasteiger partial charge in [-0.1, -0.05) is 25.3 Å². The second-order valence-electron chi connectivity index (χ2n) is 6.22. The summed E-state index contributed by atoms with van der Waals surface area (Å²) in [6.45, 7) is 2.67. The third-order valence-corrected chi connectivity index (χ3v) is 5.21. The molecule has 0 amide bonds. The molecule has 3 heteroatoms. The Morgan fingerprint density at radius 1 is 1.05 bits per heavy atom. The number of fused-ring (bicyclic) bond motifs is 1. The number of ether oxygens (including phenoxy) is 2. The van der Waals surface area contributed by atoms with Gasteiger partial charge in [0.05, 0.1) is 0 Å². The van der Waals surface area contributed by atoms with Crippen molar-refractivity contribution in [2.24, 2.45) is 5.41 Å². The van der Waals surface area contributed by atoms with E-state index in [1.165, 1.54) is 44.2 Å². The smallest absolute Gasteiger partial charge is 0.231 e. The largest absolute Gasteiger partial charge is 0.454 e. The van der Waals surface area contributed by atoms with E-state index >= 15 is 0 Å². The van der Waals surface area contributed by atoms with E-state index in [0.29, 0.717) is 18.1 Å². The van der Waals surface area contributed by atoms with Gasteiger partial charge < -0.3 is 14.8 Å². The molecule has 2 fully saturated rings. The molecule has 1 saturated heterocycles. The van der Waals surface area contributed by atoms with Gasteiger partial charge in [0.25, 0.3) is 0 Å². The van der Waals surface area contributed by atoms with E-state index in [1.807, 2.05) is 0 Å². The van der Waals surface area contributed by atoms with Crippen molar-refractivity contribution in [2.75, 3.05) is 19.9 Å². The molecule has 1 aromatic rings. The topological polar surface area (TPSA) is 30.5 Å². The molecule has 3 nitrogen and oxygen atoms in total. The normalized spacial score (nSPS) is 27.9. The van der Waals surface area contributed by atoms with Crippen molar-refractivity contribution < 1.29 is 9.47 Å². The maximum absolute atomic E-state index is 5.53. The molecule has 0 aromatic heterocycles. The fraction of sp³-hybridized carbons (Fsp3) is 0.625. The van der Waals surface area contributed by atoms with Gasteiger partial charge in [-0.25, -0.2) is 0 Å². The molecule has 2 aliphatic heterocycles. The highest BCUT2D eigenvalue weighted by Gasteiger charge is 2.44. The van der Waals surface area contributed by atoms with Crippen LogP contribution in [0.25, 0.3) is 0 Å². The summed E-state index contributed by atoms with van der Waals surface area (Å²) in [5.74, 6) is 2.46. The average molecular weight is 259 g/mol. The van der Waals surface area contributed by atoms with Gasteiger partial charge in [-0.3, -0.25) is 0 Å². The second-order valence-corrected chi connectivity index (χ2v) is 6.22. The summed E-state index contributed by atoms with van der Waals surface area (Å²) in [4.78, 5) is 0. The molecule has 1 aromatic carbocycles. The Labute approximate surface area is 114 Å². The summed E-state index contributed by atoms with van der Waals surface area (Å²) < 4.78 is 10.9. The highest BCUT2D eigenvalue weighted by atomic mass is 16.7. The quantitative estimate of drug-likeness (QED) is 0.841. The summed E-state index contributed by atoms with van der Waals surface area (Å²) in [6.07, 6.45) is 6.94. The lowest BCUT2D eigenvalue weighted by molar-refractivity contribution is 0.173. The lowest BCUT2D eigenvalue weighted by Gasteiger charge is -2.38. The molecular weight excluding hydrogens is 238 g/mol. The highest BCUT2D eigenvalue weighted by Crippen LogP contribution is 2.50. The SMILES string of the molecule is c1cc2c(cc1C1CNCC13CCCCC3)OCO2. The molecule has 0 bridgehead atoms. The number of benzene rings is 1. The Morgan fingerprint density at radius 3 is 2.79 bits per heavy atom. The Kier molecular flexibility index (Phi) is 2.69. The Bertz CT molecular complexity index is 480. The van der Waals surface area contributed by atoms with Crippen LogP contribution in [0.3, 0.4) is 0 Å². The van der Waals surface area contributed by atoms with E-state index in [4.69, 9.17) is 9.47 Å². The second kappa shape index (κ2) is 4.41. The first-order chi connectivity index (χ1) is 9.37. The van der Waals surface area contributed by atoms with Crippen LogP contribution in [0.15, 0.2) is 18.2 Å². The van der Waals surface area contributed by atoms with Crippen LogP contribution in [0.5, 0.6) is 11.5 Å². The lowest BCUT2D eigenvalue weighted by Crippen LogP contribution is -2.31. The van der Waals surface area contributed by atoms with Crippen LogP contribution in [0.1, 0.15) is 43.6 Å². The van der Waals surface area contributed by atoms with E-state index in [1.54, 1.807) is 0 Å². The number of nitrogens with one attached hydrogen (secondary N) is 1. The number of hydrogen-bond donors (Lipinski definition) is 1. The van der Waals surface area contributed by atoms with Crippen molar-refractivity contribution in [1.82, 2.24) is 5.32 Å². The summed E-state index contributed by atoms with van der Waals surface area (Å²) in [5.41, 5.74) is 1.92. The third-order valence-electron chi connectivity index (χ3n) is 5.21. The molecule has 1 atom stereocenters. The van der Waals surface area contributed by atoms with Gasteiger partial charge in [0.2, 0.25) is 6.79 Å². The van der Waals surface area contributed by atoms with Crippen molar-refractivity contribution in [3.05, 3.63) is 23.8 Å². The van der Waals surface area contributed by atoms with Crippen LogP contribution in [0.2, 0.25) is 0 Å². The zero-order valence-corrected chi connectivity index (χ0v) is 11.3. The molecule has 1 spiro atoms. The first kappa shape index (κ1) is 11.6. The molecular formula is C16H21NO2. The van der Waals surface area contributed by atoms with Crippen molar-refractivity contribution in [3.8, 4) is 11.5 Å². The zero-order chi connectivity index (χ0) is 12.7. The summed E-state index contributed by atoms with van der Waals surface area (Å²) in [5, 5.41) is 3.63. The molecule has 2 heterocycles. The third kappa shape index (κ3) is 1.83. The monoisotopic (exact) mass is 259 g/mol. The van der Waals surface area contributed by atoms with Crippen LogP contribution in [0, 0.1) is 5.41 Å². The predicted octanol–water partition coefficient (Wildman–Crippen LogP) is 3.05. The molecule has 0 radical (unpaired) electrons. The lowest BCUT2D eigenvalue weighted by atomic mass is 9.66. The van der Waals surface area contributed by atoms with Gasteiger partial charge in [-0.2, -0.15) is 0 Å². The molecule has 3 aliphatic rings. The van der Waals surface area contributed by atoms with Crippen molar-refractivity contribution in [3.63, 3.8) is 0 Å². The van der Waals surface area contributed by atoms with E-state index in [2.05, 4.69) is 23.5 Å². The Morgan fingerprint density at radius 2 is 1.89 bits per heavy atom. The molecule has 1 N–H and O–H groups in total. The molecule has 4 rings (SSSR count). The van der Waals surface area contributed by atoms with Crippen LogP contribution < -0.4 is 14.8 Å². The maximum atomic E-state index is 5.53. The zero-order valence-electron chi connectivity index (χ0n) is 11.3. The minimum absolute atomic E-state index is 0.368. The standard InChI is InChI=1S/C16H21NO2/c1-2-6-16(7-3-1)10-17-9-13(16)12-4-5-14-15(8-12)19-11-18-14/h4-5,8,13,17H,1-3,6-7,9-11H2. The fourth-order valence-corrected chi connectivity index (χ4v) is 4.19. The van der Waals surface area contributed by atoms with Crippen molar-refractivity contribution in [1.29, 1.82) is 0 Å². The minimum Gasteiger partial charge on any atom is -0.454 e. The van der Waals surface area contributed by atoms with Crippen molar-refractivity contribution >= 4 is 0 Å². The summed E-state index contributed by atoms with van der Waals surface area (Å²) >= 11 is 0. The summed E-state index contributed by atoms with van der Waals surface area (Å²) in [6, 6.07) is 6.52. The molecule has 1 aliphatic carbocycles. The summed E-state index contributed by atoms with van der Waals surface area (Å²) in [7, 11) is 0. The number of hydrogen-bond acceptors (Lipinski definition) is 3. The van der Waals surface area contributed by atoms with Gasteiger partial charge in [0.15, 0.2) is 11.5 Å². The first-order valence-corrected chi connectivity index (χ1v) is 7.48. The average Bonchev–Trinajstić information content (AvgIpc) is 3.06. The van der Waals surface area contributed by atoms with Gasteiger partial charge in [0.1, 0.15) is 0 Å². The van der Waals surface area contributed by atoms with Gasteiger partial charge in [-0.05, 0) is 36.0 Å². The predicted molar refractivity (Wildman–Crippen MR) is 73.7 cm³/mol. The van der Waals surface area contributed by atoms with E-state index < -0.39 is 0 Å². The van der Waals surface area contributed by atoms with Gasteiger partial charge >= 0.3 is 0 Å². The molecule has 19 heavy (non-hydrogen) atoms. The van der Waals surface area contributed by atoms with Crippen LogP contribution in [0.4, 0.5) is 0 Å². The van der Waals surface area contributed by atoms with Crippen molar-refractivity contribution in [2.45, 2.75) is 38.0 Å². The van der Waals surface area contributed by atoms with E-state index in [0.717, 1.165) is 18.0 Å². The molecule has 1 unspecified atom stereocenters. The van der Waals surface area contributed by atoms with Gasteiger partial charge in [-0.15, -0.1) is 0 Å². The van der Waals surface area contributed by atoms with E-state index in [9.17, 15) is 0 Å². The van der Waals surface area contributed by atoms with Crippen LogP contribution in [-0.2, 0) is 0 Å². The molecule has 102 valence electrons. The van der Waals surface area contributed by atoms with Gasteiger partial charge in [0, 0.05) is 19.0 Å². The van der Waals surface area contributed by atoms with Crippen LogP contribution in [-0.4, -0.2) is 19.9 Å². The van der Waals surface area contributed by atoms with E-state index in [-0.39, 0.29) is 0 Å². The van der Waals surface area contributed by atoms with Crippen LogP contribution >= 0.6 is 0 Å². The first-order valence-electron chi connectivity index (χ1n) is 7.48.